The summed E-state index contributed by atoms with van der Waals surface area (Å²) in [5.41, 5.74) is 0. The highest BCUT2D eigenvalue weighted by Gasteiger charge is 2.18. The number of carbonyl (C=O) groups is 2. The third-order valence-corrected chi connectivity index (χ3v) is 13.8. The largest absolute Gasteiger partial charge is 0.466 e. The maximum absolute atomic E-state index is 12.5. The molecular weight excluding hydrogens is 803 g/mol. The SMILES string of the molecule is CCCCCCCCCCCCCCCCCCCCCCCC/C=C/C(O)C(CO)NC(=O)CCCCCCCCCCCCCOC(=O)CCCCCCCCCCCCCCC. The molecule has 0 aromatic heterocycles. The fourth-order valence-electron chi connectivity index (χ4n) is 9.28. The number of amides is 1. The first kappa shape index (κ1) is 63.6. The van der Waals surface area contributed by atoms with Gasteiger partial charge in [0, 0.05) is 12.8 Å². The van der Waals surface area contributed by atoms with Gasteiger partial charge in [0.2, 0.25) is 5.91 Å². The summed E-state index contributed by atoms with van der Waals surface area (Å²) in [5.74, 6) is -0.0955. The van der Waals surface area contributed by atoms with E-state index in [1.807, 2.05) is 6.08 Å². The van der Waals surface area contributed by atoms with E-state index < -0.39 is 12.1 Å². The van der Waals surface area contributed by atoms with Gasteiger partial charge in [-0.3, -0.25) is 9.59 Å². The number of ether oxygens (including phenoxy) is 1. The smallest absolute Gasteiger partial charge is 0.305 e. The summed E-state index contributed by atoms with van der Waals surface area (Å²) in [7, 11) is 0. The number of rotatable bonds is 55. The van der Waals surface area contributed by atoms with Crippen LogP contribution >= 0.6 is 0 Å². The molecule has 0 fully saturated rings. The van der Waals surface area contributed by atoms with Gasteiger partial charge in [-0.25, -0.2) is 0 Å². The second kappa shape index (κ2) is 55.2. The normalized spacial score (nSPS) is 12.6. The first-order valence-corrected chi connectivity index (χ1v) is 29.5. The Labute approximate surface area is 406 Å². The number of esters is 1. The van der Waals surface area contributed by atoms with Crippen LogP contribution in [0.5, 0.6) is 0 Å². The maximum atomic E-state index is 12.5. The Morgan fingerprint density at radius 2 is 0.708 bits per heavy atom. The monoisotopic (exact) mass is 918 g/mol. The van der Waals surface area contributed by atoms with Gasteiger partial charge in [-0.2, -0.15) is 0 Å². The molecule has 2 unspecified atom stereocenters. The van der Waals surface area contributed by atoms with Gasteiger partial charge in [-0.05, 0) is 32.1 Å². The molecule has 6 heteroatoms. The molecule has 0 radical (unpaired) electrons. The van der Waals surface area contributed by atoms with E-state index in [1.54, 1.807) is 6.08 Å². The van der Waals surface area contributed by atoms with Crippen molar-refractivity contribution < 1.29 is 24.5 Å². The van der Waals surface area contributed by atoms with Gasteiger partial charge in [-0.15, -0.1) is 0 Å². The third kappa shape index (κ3) is 51.8. The topological polar surface area (TPSA) is 95.9 Å². The minimum Gasteiger partial charge on any atom is -0.466 e. The van der Waals surface area contributed by atoms with E-state index in [-0.39, 0.29) is 18.5 Å². The molecule has 0 saturated heterocycles. The van der Waals surface area contributed by atoms with E-state index in [2.05, 4.69) is 19.2 Å². The van der Waals surface area contributed by atoms with E-state index in [9.17, 15) is 19.8 Å². The van der Waals surface area contributed by atoms with Crippen LogP contribution in [0.4, 0.5) is 0 Å². The molecule has 1 amide bonds. The number of unbranched alkanes of at least 4 members (excludes halogenated alkanes) is 44. The summed E-state index contributed by atoms with van der Waals surface area (Å²) in [6, 6.07) is -0.642. The minimum atomic E-state index is -0.857. The molecule has 0 saturated carbocycles. The Kier molecular flexibility index (Phi) is 54.0. The number of nitrogens with one attached hydrogen (secondary N) is 1. The lowest BCUT2D eigenvalue weighted by molar-refractivity contribution is -0.143. The lowest BCUT2D eigenvalue weighted by atomic mass is 10.0. The van der Waals surface area contributed by atoms with Crippen molar-refractivity contribution in [2.45, 2.75) is 341 Å². The number of carbonyl (C=O) groups excluding carboxylic acids is 2. The molecule has 386 valence electrons. The van der Waals surface area contributed by atoms with Crippen LogP contribution in [-0.4, -0.2) is 47.4 Å². The Bertz CT molecular complexity index is 970. The van der Waals surface area contributed by atoms with Crippen molar-refractivity contribution in [1.82, 2.24) is 5.32 Å². The van der Waals surface area contributed by atoms with Crippen molar-refractivity contribution in [3.05, 3.63) is 12.2 Å². The summed E-state index contributed by atoms with van der Waals surface area (Å²) in [4.78, 5) is 24.5. The number of allylic oxidation sites excluding steroid dienone is 1. The van der Waals surface area contributed by atoms with Crippen LogP contribution in [0, 0.1) is 0 Å². The molecule has 3 N–H and O–H groups in total. The predicted molar refractivity (Wildman–Crippen MR) is 283 cm³/mol. The lowest BCUT2D eigenvalue weighted by Crippen LogP contribution is -2.45. The fourth-order valence-corrected chi connectivity index (χ4v) is 9.28. The van der Waals surface area contributed by atoms with Gasteiger partial charge in [-0.1, -0.05) is 296 Å². The lowest BCUT2D eigenvalue weighted by Gasteiger charge is -2.20. The van der Waals surface area contributed by atoms with Gasteiger partial charge in [0.1, 0.15) is 0 Å². The molecule has 6 nitrogen and oxygen atoms in total. The zero-order chi connectivity index (χ0) is 47.2. The summed E-state index contributed by atoms with van der Waals surface area (Å²) < 4.78 is 5.46. The Morgan fingerprint density at radius 1 is 0.415 bits per heavy atom. The number of aliphatic hydroxyl groups excluding tert-OH is 2. The van der Waals surface area contributed by atoms with Crippen LogP contribution in [-0.2, 0) is 14.3 Å². The molecule has 2 atom stereocenters. The number of aliphatic hydroxyl groups is 2. The van der Waals surface area contributed by atoms with Crippen molar-refractivity contribution >= 4 is 11.9 Å². The second-order valence-electron chi connectivity index (χ2n) is 20.3. The predicted octanol–water partition coefficient (Wildman–Crippen LogP) is 18.1. The minimum absolute atomic E-state index is 0.0128. The van der Waals surface area contributed by atoms with E-state index in [0.717, 1.165) is 57.8 Å². The Balaban J connectivity index is 3.48. The second-order valence-corrected chi connectivity index (χ2v) is 20.3. The summed E-state index contributed by atoms with van der Waals surface area (Å²) >= 11 is 0. The van der Waals surface area contributed by atoms with E-state index in [0.29, 0.717) is 19.4 Å². The average molecular weight is 919 g/mol. The summed E-state index contributed by atoms with van der Waals surface area (Å²) in [6.45, 7) is 4.89. The van der Waals surface area contributed by atoms with Gasteiger partial charge in [0.15, 0.2) is 0 Å². The van der Waals surface area contributed by atoms with Gasteiger partial charge < -0.3 is 20.3 Å². The molecule has 0 bridgehead atoms. The van der Waals surface area contributed by atoms with Crippen LogP contribution in [0.15, 0.2) is 12.2 Å². The molecule has 0 aliphatic rings. The van der Waals surface area contributed by atoms with E-state index in [1.165, 1.54) is 244 Å². The van der Waals surface area contributed by atoms with Crippen molar-refractivity contribution in [3.63, 3.8) is 0 Å². The van der Waals surface area contributed by atoms with E-state index >= 15 is 0 Å². The molecular formula is C59H115NO5. The zero-order valence-corrected chi connectivity index (χ0v) is 44.0. The number of hydrogen-bond donors (Lipinski definition) is 3. The Morgan fingerprint density at radius 3 is 1.05 bits per heavy atom. The first-order chi connectivity index (χ1) is 32.0. The quantitative estimate of drug-likeness (QED) is 0.0321. The molecule has 0 aromatic rings. The molecule has 0 heterocycles. The van der Waals surface area contributed by atoms with Crippen molar-refractivity contribution in [3.8, 4) is 0 Å². The molecule has 0 spiro atoms. The fraction of sp³-hybridized carbons (Fsp3) is 0.932. The number of hydrogen-bond acceptors (Lipinski definition) is 5. The summed E-state index contributed by atoms with van der Waals surface area (Å²) in [6.07, 6.45) is 65.2. The van der Waals surface area contributed by atoms with Crippen LogP contribution in [0.1, 0.15) is 328 Å². The van der Waals surface area contributed by atoms with Crippen LogP contribution in [0.2, 0.25) is 0 Å². The van der Waals surface area contributed by atoms with Crippen LogP contribution in [0.25, 0.3) is 0 Å². The molecule has 0 aromatic carbocycles. The van der Waals surface area contributed by atoms with Crippen LogP contribution < -0.4 is 5.32 Å². The van der Waals surface area contributed by atoms with Gasteiger partial charge in [0.05, 0.1) is 25.4 Å². The van der Waals surface area contributed by atoms with Crippen LogP contribution in [0.3, 0.4) is 0 Å². The molecule has 0 rings (SSSR count). The first-order valence-electron chi connectivity index (χ1n) is 29.5. The molecule has 65 heavy (non-hydrogen) atoms. The highest BCUT2D eigenvalue weighted by Crippen LogP contribution is 2.18. The molecule has 0 aliphatic carbocycles. The maximum Gasteiger partial charge on any atom is 0.305 e. The zero-order valence-electron chi connectivity index (χ0n) is 44.0. The molecule has 0 aliphatic heterocycles. The summed E-state index contributed by atoms with van der Waals surface area (Å²) in [5, 5.41) is 23.2. The highest BCUT2D eigenvalue weighted by molar-refractivity contribution is 5.76. The van der Waals surface area contributed by atoms with E-state index in [4.69, 9.17) is 4.74 Å². The van der Waals surface area contributed by atoms with Gasteiger partial charge >= 0.3 is 5.97 Å². The standard InChI is InChI=1S/C59H115NO5/c1-3-5-7-9-11-13-15-17-18-19-20-21-22-23-24-25-26-27-29-31-35-39-43-47-51-57(62)56(55-61)60-58(63)52-48-44-40-36-32-30-34-38-42-46-50-54-65-59(64)53-49-45-41-37-33-28-16-14-12-10-8-6-4-2/h47,51,56-57,61-62H,3-46,48-50,52-55H2,1-2H3,(H,60,63)/b51-47+. The Hall–Kier alpha value is -1.40. The van der Waals surface area contributed by atoms with Crippen molar-refractivity contribution in [1.29, 1.82) is 0 Å². The third-order valence-electron chi connectivity index (χ3n) is 13.8. The highest BCUT2D eigenvalue weighted by atomic mass is 16.5. The van der Waals surface area contributed by atoms with Crippen molar-refractivity contribution in [2.24, 2.45) is 0 Å². The van der Waals surface area contributed by atoms with Gasteiger partial charge in [0.25, 0.3) is 0 Å². The average Bonchev–Trinajstić information content (AvgIpc) is 3.31. The van der Waals surface area contributed by atoms with Crippen molar-refractivity contribution in [2.75, 3.05) is 13.2 Å².